The van der Waals surface area contributed by atoms with Gasteiger partial charge in [0.1, 0.15) is 12.0 Å². The van der Waals surface area contributed by atoms with Crippen LogP contribution in [0.25, 0.3) is 0 Å². The monoisotopic (exact) mass is 239 g/mol. The number of carboxylic acids is 1. The SMILES string of the molecule is CCC(C)(CNC(=O)c1coc(C)c1)C(=O)O. The normalized spacial score (nSPS) is 14.1. The number of hydrogen-bond acceptors (Lipinski definition) is 3. The van der Waals surface area contributed by atoms with Crippen LogP contribution in [0.1, 0.15) is 36.4 Å². The Morgan fingerprint density at radius 2 is 2.18 bits per heavy atom. The van der Waals surface area contributed by atoms with Crippen molar-refractivity contribution >= 4 is 11.9 Å². The zero-order valence-electron chi connectivity index (χ0n) is 10.2. The van der Waals surface area contributed by atoms with Gasteiger partial charge < -0.3 is 14.8 Å². The highest BCUT2D eigenvalue weighted by Gasteiger charge is 2.31. The zero-order valence-corrected chi connectivity index (χ0v) is 10.2. The highest BCUT2D eigenvalue weighted by atomic mass is 16.4. The molecule has 1 heterocycles. The van der Waals surface area contributed by atoms with Gasteiger partial charge >= 0.3 is 5.97 Å². The number of carbonyl (C=O) groups excluding carboxylic acids is 1. The second-order valence-corrected chi connectivity index (χ2v) is 4.35. The fraction of sp³-hybridized carbons (Fsp3) is 0.500. The summed E-state index contributed by atoms with van der Waals surface area (Å²) in [5.74, 6) is -0.585. The number of aliphatic carboxylic acids is 1. The standard InChI is InChI=1S/C12H17NO4/c1-4-12(3,11(15)16)7-13-10(14)9-5-8(2)17-6-9/h5-6H,4,7H2,1-3H3,(H,13,14)(H,15,16). The summed E-state index contributed by atoms with van der Waals surface area (Å²) in [7, 11) is 0. The molecule has 2 N–H and O–H groups in total. The molecule has 1 aromatic heterocycles. The van der Waals surface area contributed by atoms with Crippen molar-refractivity contribution in [2.24, 2.45) is 5.41 Å². The Labute approximate surface area is 99.8 Å². The first-order chi connectivity index (χ1) is 7.89. The average molecular weight is 239 g/mol. The Kier molecular flexibility index (Phi) is 3.93. The number of amides is 1. The number of rotatable bonds is 5. The maximum atomic E-state index is 11.7. The lowest BCUT2D eigenvalue weighted by Gasteiger charge is -2.22. The van der Waals surface area contributed by atoms with Crippen LogP contribution < -0.4 is 5.32 Å². The van der Waals surface area contributed by atoms with Gasteiger partial charge in [0.05, 0.1) is 11.0 Å². The Morgan fingerprint density at radius 1 is 1.53 bits per heavy atom. The van der Waals surface area contributed by atoms with Gasteiger partial charge in [-0.05, 0) is 26.3 Å². The van der Waals surface area contributed by atoms with Gasteiger partial charge in [0, 0.05) is 6.54 Å². The van der Waals surface area contributed by atoms with E-state index in [2.05, 4.69) is 5.32 Å². The molecule has 0 saturated carbocycles. The Hall–Kier alpha value is -1.78. The number of nitrogens with one attached hydrogen (secondary N) is 1. The van der Waals surface area contributed by atoms with Gasteiger partial charge in [0.15, 0.2) is 0 Å². The number of furan rings is 1. The third-order valence-electron chi connectivity index (χ3n) is 2.93. The van der Waals surface area contributed by atoms with Gasteiger partial charge in [-0.3, -0.25) is 9.59 Å². The van der Waals surface area contributed by atoms with Gasteiger partial charge in [-0.2, -0.15) is 0 Å². The van der Waals surface area contributed by atoms with Crippen LogP contribution >= 0.6 is 0 Å². The lowest BCUT2D eigenvalue weighted by atomic mass is 9.87. The Morgan fingerprint density at radius 3 is 2.59 bits per heavy atom. The number of aryl methyl sites for hydroxylation is 1. The minimum atomic E-state index is -0.936. The summed E-state index contributed by atoms with van der Waals surface area (Å²) >= 11 is 0. The smallest absolute Gasteiger partial charge is 0.311 e. The Balaban J connectivity index is 2.62. The number of hydrogen-bond donors (Lipinski definition) is 2. The molecule has 0 aliphatic carbocycles. The molecule has 0 aliphatic heterocycles. The van der Waals surface area contributed by atoms with E-state index in [-0.39, 0.29) is 12.5 Å². The second kappa shape index (κ2) is 5.03. The van der Waals surface area contributed by atoms with Crippen LogP contribution in [0.3, 0.4) is 0 Å². The van der Waals surface area contributed by atoms with E-state index in [9.17, 15) is 9.59 Å². The molecule has 0 aliphatic rings. The first-order valence-electron chi connectivity index (χ1n) is 5.46. The summed E-state index contributed by atoms with van der Waals surface area (Å²) < 4.78 is 5.01. The lowest BCUT2D eigenvalue weighted by molar-refractivity contribution is -0.147. The van der Waals surface area contributed by atoms with E-state index in [1.54, 1.807) is 26.8 Å². The Bertz CT molecular complexity index is 424. The molecule has 1 aromatic rings. The van der Waals surface area contributed by atoms with E-state index in [1.165, 1.54) is 6.26 Å². The minimum Gasteiger partial charge on any atom is -0.481 e. The third-order valence-corrected chi connectivity index (χ3v) is 2.93. The van der Waals surface area contributed by atoms with Gasteiger partial charge in [-0.15, -0.1) is 0 Å². The van der Waals surface area contributed by atoms with Crippen LogP contribution in [-0.2, 0) is 4.79 Å². The lowest BCUT2D eigenvalue weighted by Crippen LogP contribution is -2.40. The molecule has 1 unspecified atom stereocenters. The quantitative estimate of drug-likeness (QED) is 0.821. The van der Waals surface area contributed by atoms with E-state index in [0.29, 0.717) is 17.7 Å². The average Bonchev–Trinajstić information content (AvgIpc) is 2.72. The fourth-order valence-electron chi connectivity index (χ4n) is 1.29. The molecule has 1 amide bonds. The topological polar surface area (TPSA) is 79.5 Å². The molecule has 0 aromatic carbocycles. The maximum absolute atomic E-state index is 11.7. The van der Waals surface area contributed by atoms with E-state index in [1.807, 2.05) is 0 Å². The van der Waals surface area contributed by atoms with Crippen LogP contribution in [0, 0.1) is 12.3 Å². The first-order valence-corrected chi connectivity index (χ1v) is 5.46. The van der Waals surface area contributed by atoms with Crippen molar-refractivity contribution in [3.8, 4) is 0 Å². The molecule has 0 fully saturated rings. The van der Waals surface area contributed by atoms with Crippen molar-refractivity contribution < 1.29 is 19.1 Å². The molecule has 94 valence electrons. The maximum Gasteiger partial charge on any atom is 0.311 e. The molecule has 0 bridgehead atoms. The number of carbonyl (C=O) groups is 2. The summed E-state index contributed by atoms with van der Waals surface area (Å²) in [5.41, 5.74) is -0.527. The molecule has 1 atom stereocenters. The summed E-state index contributed by atoms with van der Waals surface area (Å²) in [5, 5.41) is 11.7. The van der Waals surface area contributed by atoms with E-state index in [0.717, 1.165) is 0 Å². The van der Waals surface area contributed by atoms with E-state index >= 15 is 0 Å². The van der Waals surface area contributed by atoms with Crippen molar-refractivity contribution in [1.82, 2.24) is 5.32 Å². The predicted molar refractivity (Wildman–Crippen MR) is 61.8 cm³/mol. The predicted octanol–water partition coefficient (Wildman–Crippen LogP) is 1.82. The molecule has 0 radical (unpaired) electrons. The highest BCUT2D eigenvalue weighted by molar-refractivity contribution is 5.94. The summed E-state index contributed by atoms with van der Waals surface area (Å²) in [6, 6.07) is 1.61. The molecule has 5 heteroatoms. The first kappa shape index (κ1) is 13.3. The van der Waals surface area contributed by atoms with Crippen LogP contribution in [0.15, 0.2) is 16.7 Å². The summed E-state index contributed by atoms with van der Waals surface area (Å²) in [4.78, 5) is 22.7. The largest absolute Gasteiger partial charge is 0.481 e. The molecule has 17 heavy (non-hydrogen) atoms. The van der Waals surface area contributed by atoms with Crippen molar-refractivity contribution in [3.63, 3.8) is 0 Å². The van der Waals surface area contributed by atoms with Crippen LogP contribution in [0.2, 0.25) is 0 Å². The van der Waals surface area contributed by atoms with Crippen molar-refractivity contribution in [3.05, 3.63) is 23.7 Å². The fourth-order valence-corrected chi connectivity index (χ4v) is 1.29. The van der Waals surface area contributed by atoms with E-state index in [4.69, 9.17) is 9.52 Å². The highest BCUT2D eigenvalue weighted by Crippen LogP contribution is 2.20. The van der Waals surface area contributed by atoms with E-state index < -0.39 is 11.4 Å². The third kappa shape index (κ3) is 3.09. The van der Waals surface area contributed by atoms with Gasteiger partial charge in [-0.25, -0.2) is 0 Å². The molecule has 5 nitrogen and oxygen atoms in total. The molecule has 0 saturated heterocycles. The molecular formula is C12H17NO4. The molecule has 0 spiro atoms. The zero-order chi connectivity index (χ0) is 13.1. The number of carboxylic acid groups (broad SMARTS) is 1. The van der Waals surface area contributed by atoms with Crippen LogP contribution in [0.5, 0.6) is 0 Å². The van der Waals surface area contributed by atoms with Crippen molar-refractivity contribution in [2.45, 2.75) is 27.2 Å². The van der Waals surface area contributed by atoms with Crippen LogP contribution in [0.4, 0.5) is 0 Å². The van der Waals surface area contributed by atoms with Crippen molar-refractivity contribution in [1.29, 1.82) is 0 Å². The molecule has 1 rings (SSSR count). The summed E-state index contributed by atoms with van der Waals surface area (Å²) in [6.07, 6.45) is 1.81. The van der Waals surface area contributed by atoms with Gasteiger partial charge in [-0.1, -0.05) is 6.92 Å². The summed E-state index contributed by atoms with van der Waals surface area (Å²) in [6.45, 7) is 5.23. The van der Waals surface area contributed by atoms with Crippen LogP contribution in [-0.4, -0.2) is 23.5 Å². The minimum absolute atomic E-state index is 0.0991. The molecular weight excluding hydrogens is 222 g/mol. The van der Waals surface area contributed by atoms with Gasteiger partial charge in [0.25, 0.3) is 5.91 Å². The van der Waals surface area contributed by atoms with Crippen molar-refractivity contribution in [2.75, 3.05) is 6.54 Å². The second-order valence-electron chi connectivity index (χ2n) is 4.35. The van der Waals surface area contributed by atoms with Gasteiger partial charge in [0.2, 0.25) is 0 Å².